The Bertz CT molecular complexity index is 1290. The predicted molar refractivity (Wildman–Crippen MR) is 147 cm³/mol. The van der Waals surface area contributed by atoms with Crippen LogP contribution in [0.5, 0.6) is 0 Å². The number of nitrogens with two attached hydrogens (primary N) is 1. The minimum Gasteiger partial charge on any atom is -0.404 e. The Kier molecular flexibility index (Phi) is 8.51. The van der Waals surface area contributed by atoms with Crippen molar-refractivity contribution >= 4 is 28.2 Å². The van der Waals surface area contributed by atoms with Gasteiger partial charge in [-0.2, -0.15) is 0 Å². The summed E-state index contributed by atoms with van der Waals surface area (Å²) in [6.07, 6.45) is 5.97. The van der Waals surface area contributed by atoms with Crippen molar-refractivity contribution in [3.8, 4) is 0 Å². The lowest BCUT2D eigenvalue weighted by Crippen LogP contribution is -2.50. The Hall–Kier alpha value is -2.99. The third-order valence-electron chi connectivity index (χ3n) is 7.46. The summed E-state index contributed by atoms with van der Waals surface area (Å²) in [5.41, 5.74) is 8.80. The molecule has 0 bridgehead atoms. The highest BCUT2D eigenvalue weighted by Gasteiger charge is 2.45. The molecule has 1 unspecified atom stereocenters. The number of anilines is 1. The second-order valence-electron chi connectivity index (χ2n) is 10.1. The fourth-order valence-corrected chi connectivity index (χ4v) is 6.69. The summed E-state index contributed by atoms with van der Waals surface area (Å²) in [4.78, 5) is 11.7. The van der Waals surface area contributed by atoms with E-state index in [1.165, 1.54) is 18.3 Å². The lowest BCUT2D eigenvalue weighted by Gasteiger charge is -2.46. The highest BCUT2D eigenvalue weighted by molar-refractivity contribution is 7.82. The van der Waals surface area contributed by atoms with E-state index < -0.39 is 22.6 Å². The van der Waals surface area contributed by atoms with E-state index >= 15 is 0 Å². The molecule has 2 aromatic rings. The van der Waals surface area contributed by atoms with Crippen LogP contribution in [0.2, 0.25) is 0 Å². The second kappa shape index (κ2) is 12.0. The standard InChI is InChI=1S/C28H33F2N5O3S/c29-22-1-3-24(4-2-22)33-26-13-21-7-10-35(18-28(21,14-20(26)15-31)19-38-12-11-36)39(37)25-5-6-27(32-16-25)34-9-8-23(30)17-34/h1-6,13,15-16,23,36H,7-12,14,17-19,31H2/t23-,28-,39?/m1/s1. The molecule has 1 aromatic heterocycles. The molecular formula is C28H33F2N5O3S. The molecule has 1 aliphatic carbocycles. The van der Waals surface area contributed by atoms with Crippen molar-refractivity contribution in [3.63, 3.8) is 0 Å². The number of allylic oxidation sites excluding steroid dienone is 2. The van der Waals surface area contributed by atoms with Crippen molar-refractivity contribution in [3.05, 3.63) is 71.8 Å². The van der Waals surface area contributed by atoms with Gasteiger partial charge in [-0.15, -0.1) is 0 Å². The third kappa shape index (κ3) is 6.11. The largest absolute Gasteiger partial charge is 0.404 e. The lowest BCUT2D eigenvalue weighted by molar-refractivity contribution is 0.0243. The Morgan fingerprint density at radius 3 is 2.74 bits per heavy atom. The Morgan fingerprint density at radius 2 is 2.08 bits per heavy atom. The number of rotatable bonds is 8. The van der Waals surface area contributed by atoms with E-state index in [0.29, 0.717) is 74.2 Å². The van der Waals surface area contributed by atoms with Gasteiger partial charge in [0.2, 0.25) is 0 Å². The Balaban J connectivity index is 1.39. The van der Waals surface area contributed by atoms with Crippen LogP contribution in [-0.2, 0) is 15.7 Å². The van der Waals surface area contributed by atoms with Crippen molar-refractivity contribution in [1.82, 2.24) is 9.29 Å². The van der Waals surface area contributed by atoms with Crippen molar-refractivity contribution < 1.29 is 22.8 Å². The van der Waals surface area contributed by atoms with Crippen LogP contribution >= 0.6 is 0 Å². The van der Waals surface area contributed by atoms with Crippen LogP contribution in [0.25, 0.3) is 0 Å². The summed E-state index contributed by atoms with van der Waals surface area (Å²) in [7, 11) is -1.46. The molecule has 0 amide bonds. The molecule has 39 heavy (non-hydrogen) atoms. The van der Waals surface area contributed by atoms with E-state index in [-0.39, 0.29) is 19.0 Å². The van der Waals surface area contributed by atoms with Crippen LogP contribution in [0.4, 0.5) is 20.3 Å². The molecule has 3 aliphatic rings. The van der Waals surface area contributed by atoms with Gasteiger partial charge in [0.25, 0.3) is 0 Å². The second-order valence-corrected chi connectivity index (χ2v) is 11.6. The number of hydrogen-bond donors (Lipinski definition) is 2. The van der Waals surface area contributed by atoms with Gasteiger partial charge >= 0.3 is 0 Å². The number of fused-ring (bicyclic) bond motifs is 1. The van der Waals surface area contributed by atoms with E-state index in [4.69, 9.17) is 15.5 Å². The molecule has 11 heteroatoms. The first-order valence-corrected chi connectivity index (χ1v) is 14.2. The topological polar surface area (TPSA) is 104 Å². The van der Waals surface area contributed by atoms with Crippen LogP contribution in [0, 0.1) is 11.2 Å². The predicted octanol–water partition coefficient (Wildman–Crippen LogP) is 3.44. The maximum atomic E-state index is 13.6. The van der Waals surface area contributed by atoms with Crippen LogP contribution in [0.15, 0.2) is 75.9 Å². The monoisotopic (exact) mass is 557 g/mol. The van der Waals surface area contributed by atoms with E-state index in [1.54, 1.807) is 30.5 Å². The molecule has 0 radical (unpaired) electrons. The molecule has 3 N–H and O–H groups in total. The lowest BCUT2D eigenvalue weighted by atomic mass is 9.68. The number of halogens is 2. The van der Waals surface area contributed by atoms with Crippen molar-refractivity contribution in [1.29, 1.82) is 0 Å². The fourth-order valence-electron chi connectivity index (χ4n) is 5.44. The van der Waals surface area contributed by atoms with Crippen LogP contribution < -0.4 is 10.6 Å². The fraction of sp³-hybridized carbons (Fsp3) is 0.429. The Labute approximate surface area is 229 Å². The minimum atomic E-state index is -1.46. The molecule has 1 aromatic carbocycles. The molecule has 0 saturated carbocycles. The molecule has 2 fully saturated rings. The third-order valence-corrected chi connectivity index (χ3v) is 8.89. The first-order chi connectivity index (χ1) is 18.9. The van der Waals surface area contributed by atoms with Gasteiger partial charge in [-0.3, -0.25) is 0 Å². The zero-order valence-corrected chi connectivity index (χ0v) is 22.5. The van der Waals surface area contributed by atoms with E-state index in [0.717, 1.165) is 11.1 Å². The molecule has 3 heterocycles. The van der Waals surface area contributed by atoms with Gasteiger partial charge in [0.1, 0.15) is 28.8 Å². The number of aliphatic imine (C=N–C) groups is 1. The Morgan fingerprint density at radius 1 is 1.26 bits per heavy atom. The van der Waals surface area contributed by atoms with Crippen molar-refractivity contribution in [2.75, 3.05) is 50.9 Å². The number of aromatic nitrogens is 1. The number of ether oxygens (including phenoxy) is 1. The van der Waals surface area contributed by atoms with Crippen LogP contribution in [-0.4, -0.2) is 76.5 Å². The first-order valence-electron chi connectivity index (χ1n) is 13.1. The smallest absolute Gasteiger partial charge is 0.129 e. The summed E-state index contributed by atoms with van der Waals surface area (Å²) in [6, 6.07) is 9.56. The maximum absolute atomic E-state index is 13.6. The molecule has 2 aliphatic heterocycles. The van der Waals surface area contributed by atoms with E-state index in [2.05, 4.69) is 4.98 Å². The SMILES string of the molecule is NC=C1C[C@]2(COCCO)CN(S(=O)c3ccc(N4CC[C@@H](F)C4)nc3)CCC2=CC1=Nc1ccc(F)cc1. The van der Waals surface area contributed by atoms with Gasteiger partial charge < -0.3 is 20.5 Å². The van der Waals surface area contributed by atoms with Gasteiger partial charge in [0, 0.05) is 31.2 Å². The van der Waals surface area contributed by atoms with Crippen molar-refractivity contribution in [2.45, 2.75) is 30.3 Å². The molecule has 2 saturated heterocycles. The molecule has 8 nitrogen and oxygen atoms in total. The molecule has 0 spiro atoms. The summed E-state index contributed by atoms with van der Waals surface area (Å²) in [5, 5.41) is 9.31. The average molecular weight is 558 g/mol. The maximum Gasteiger partial charge on any atom is 0.129 e. The summed E-state index contributed by atoms with van der Waals surface area (Å²) in [6.45, 7) is 2.38. The molecule has 5 rings (SSSR count). The summed E-state index contributed by atoms with van der Waals surface area (Å²) in [5.74, 6) is 0.358. The average Bonchev–Trinajstić information content (AvgIpc) is 3.40. The number of aliphatic hydroxyl groups is 1. The van der Waals surface area contributed by atoms with Crippen LogP contribution in [0.1, 0.15) is 19.3 Å². The molecule has 3 atom stereocenters. The van der Waals surface area contributed by atoms with Gasteiger partial charge in [0.05, 0.1) is 42.7 Å². The normalized spacial score (nSPS) is 26.6. The quantitative estimate of drug-likeness (QED) is 0.482. The molecule has 208 valence electrons. The number of aliphatic hydroxyl groups excluding tert-OH is 1. The number of benzene rings is 1. The number of alkyl halides is 1. The van der Waals surface area contributed by atoms with E-state index in [1.807, 2.05) is 15.3 Å². The molecular weight excluding hydrogens is 524 g/mol. The van der Waals surface area contributed by atoms with Crippen molar-refractivity contribution in [2.24, 2.45) is 16.1 Å². The van der Waals surface area contributed by atoms with E-state index in [9.17, 15) is 18.1 Å². The van der Waals surface area contributed by atoms with Gasteiger partial charge in [-0.05, 0) is 73.5 Å². The van der Waals surface area contributed by atoms with Gasteiger partial charge in [-0.25, -0.2) is 27.3 Å². The van der Waals surface area contributed by atoms with Gasteiger partial charge in [-0.1, -0.05) is 5.57 Å². The highest BCUT2D eigenvalue weighted by atomic mass is 32.2. The minimum absolute atomic E-state index is 0.0974. The number of piperidine rings is 1. The first kappa shape index (κ1) is 27.6. The van der Waals surface area contributed by atoms with Gasteiger partial charge in [0.15, 0.2) is 0 Å². The number of hydrogen-bond acceptors (Lipinski definition) is 7. The van der Waals surface area contributed by atoms with Crippen LogP contribution in [0.3, 0.4) is 0 Å². The number of pyridine rings is 1. The highest BCUT2D eigenvalue weighted by Crippen LogP contribution is 2.45. The summed E-state index contributed by atoms with van der Waals surface area (Å²) < 4.78 is 48.4. The number of nitrogens with zero attached hydrogens (tertiary/aromatic N) is 4. The zero-order valence-electron chi connectivity index (χ0n) is 21.6. The zero-order chi connectivity index (χ0) is 27.4. The summed E-state index contributed by atoms with van der Waals surface area (Å²) >= 11 is 0.